The van der Waals surface area contributed by atoms with Gasteiger partial charge in [0.25, 0.3) is 0 Å². The van der Waals surface area contributed by atoms with Gasteiger partial charge in [0.2, 0.25) is 0 Å². The highest BCUT2D eigenvalue weighted by Gasteiger charge is 2.30. The van der Waals surface area contributed by atoms with Crippen LogP contribution < -0.4 is 5.32 Å². The van der Waals surface area contributed by atoms with Gasteiger partial charge in [0.1, 0.15) is 0 Å². The van der Waals surface area contributed by atoms with Gasteiger partial charge in [-0.25, -0.2) is 0 Å². The lowest BCUT2D eigenvalue weighted by Gasteiger charge is -2.34. The molecule has 2 rings (SSSR count). The lowest BCUT2D eigenvalue weighted by atomic mass is 9.82. The van der Waals surface area contributed by atoms with Crippen molar-refractivity contribution in [1.82, 2.24) is 0 Å². The van der Waals surface area contributed by atoms with E-state index in [1.54, 1.807) is 0 Å². The number of rotatable bonds is 2. The summed E-state index contributed by atoms with van der Waals surface area (Å²) in [6.07, 6.45) is -2.05. The molecule has 0 aromatic heterocycles. The van der Waals surface area contributed by atoms with E-state index in [0.29, 0.717) is 6.04 Å². The van der Waals surface area contributed by atoms with Crippen molar-refractivity contribution in [2.75, 3.05) is 5.32 Å². The predicted octanol–water partition coefficient (Wildman–Crippen LogP) is 3.92. The van der Waals surface area contributed by atoms with E-state index in [1.807, 2.05) is 0 Å². The first kappa shape index (κ1) is 11.3. The van der Waals surface area contributed by atoms with Crippen LogP contribution in [0.5, 0.6) is 0 Å². The summed E-state index contributed by atoms with van der Waals surface area (Å²) in [6, 6.07) is 5.64. The highest BCUT2D eigenvalue weighted by Crippen LogP contribution is 2.32. The zero-order chi connectivity index (χ0) is 11.8. The predicted molar refractivity (Wildman–Crippen MR) is 57.3 cm³/mol. The van der Waals surface area contributed by atoms with Gasteiger partial charge in [-0.3, -0.25) is 0 Å². The molecule has 0 spiro atoms. The van der Waals surface area contributed by atoms with E-state index >= 15 is 0 Å². The Morgan fingerprint density at radius 2 is 1.69 bits per heavy atom. The summed E-state index contributed by atoms with van der Waals surface area (Å²) in [6.45, 7) is 2.17. The van der Waals surface area contributed by atoms with Gasteiger partial charge in [-0.2, -0.15) is 13.2 Å². The summed E-state index contributed by atoms with van der Waals surface area (Å²) in [4.78, 5) is 0. The summed E-state index contributed by atoms with van der Waals surface area (Å²) in [7, 11) is 0. The summed E-state index contributed by atoms with van der Waals surface area (Å²) in [5, 5.41) is 3.22. The standard InChI is InChI=1S/C12H14F3N/c1-8-6-11(7-8)16-10-4-2-9(3-5-10)12(13,14)15/h2-5,8,11,16H,6-7H2,1H3. The molecule has 0 saturated heterocycles. The molecule has 0 amide bonds. The zero-order valence-corrected chi connectivity index (χ0v) is 9.01. The first-order valence-corrected chi connectivity index (χ1v) is 5.39. The van der Waals surface area contributed by atoms with Gasteiger partial charge in [-0.15, -0.1) is 0 Å². The molecule has 1 saturated carbocycles. The molecule has 88 valence electrons. The Labute approximate surface area is 92.7 Å². The van der Waals surface area contributed by atoms with Gasteiger partial charge in [-0.05, 0) is 43.0 Å². The number of hydrogen-bond acceptors (Lipinski definition) is 1. The number of hydrogen-bond donors (Lipinski definition) is 1. The average molecular weight is 229 g/mol. The normalized spacial score (nSPS) is 25.0. The summed E-state index contributed by atoms with van der Waals surface area (Å²) in [5.74, 6) is 0.729. The van der Waals surface area contributed by atoms with Crippen molar-refractivity contribution in [3.8, 4) is 0 Å². The fraction of sp³-hybridized carbons (Fsp3) is 0.500. The van der Waals surface area contributed by atoms with Crippen LogP contribution in [0.4, 0.5) is 18.9 Å². The molecule has 0 atom stereocenters. The number of halogens is 3. The van der Waals surface area contributed by atoms with Crippen LogP contribution in [-0.4, -0.2) is 6.04 Å². The van der Waals surface area contributed by atoms with Gasteiger partial charge in [0, 0.05) is 11.7 Å². The van der Waals surface area contributed by atoms with Crippen LogP contribution in [-0.2, 0) is 6.18 Å². The molecule has 0 bridgehead atoms. The quantitative estimate of drug-likeness (QED) is 0.810. The molecule has 0 radical (unpaired) electrons. The molecule has 0 aliphatic heterocycles. The second-order valence-corrected chi connectivity index (χ2v) is 4.49. The van der Waals surface area contributed by atoms with Crippen LogP contribution in [0.2, 0.25) is 0 Å². The van der Waals surface area contributed by atoms with E-state index < -0.39 is 11.7 Å². The average Bonchev–Trinajstić information content (AvgIpc) is 2.15. The minimum Gasteiger partial charge on any atom is -0.382 e. The van der Waals surface area contributed by atoms with E-state index in [2.05, 4.69) is 12.2 Å². The Morgan fingerprint density at radius 3 is 2.12 bits per heavy atom. The second kappa shape index (κ2) is 4.00. The van der Waals surface area contributed by atoms with Gasteiger partial charge >= 0.3 is 6.18 Å². The largest absolute Gasteiger partial charge is 0.416 e. The zero-order valence-electron chi connectivity index (χ0n) is 9.01. The highest BCUT2D eigenvalue weighted by atomic mass is 19.4. The molecule has 1 fully saturated rings. The molecule has 1 aliphatic rings. The SMILES string of the molecule is CC1CC(Nc2ccc(C(F)(F)F)cc2)C1. The Morgan fingerprint density at radius 1 is 1.12 bits per heavy atom. The minimum atomic E-state index is -4.25. The third kappa shape index (κ3) is 2.49. The molecule has 0 heterocycles. The number of nitrogens with one attached hydrogen (secondary N) is 1. The van der Waals surface area contributed by atoms with Crippen LogP contribution in [0.1, 0.15) is 25.3 Å². The van der Waals surface area contributed by atoms with Crippen molar-refractivity contribution in [2.45, 2.75) is 32.0 Å². The molecule has 1 aromatic rings. The van der Waals surface area contributed by atoms with Gasteiger partial charge in [-0.1, -0.05) is 6.92 Å². The summed E-state index contributed by atoms with van der Waals surface area (Å²) >= 11 is 0. The molecular formula is C12H14F3N. The first-order valence-electron chi connectivity index (χ1n) is 5.39. The third-order valence-electron chi connectivity index (χ3n) is 2.96. The Bertz CT molecular complexity index is 350. The van der Waals surface area contributed by atoms with Crippen LogP contribution >= 0.6 is 0 Å². The Hall–Kier alpha value is -1.19. The lowest BCUT2D eigenvalue weighted by Crippen LogP contribution is -2.33. The fourth-order valence-corrected chi connectivity index (χ4v) is 2.01. The maximum absolute atomic E-state index is 12.3. The third-order valence-corrected chi connectivity index (χ3v) is 2.96. The van der Waals surface area contributed by atoms with Crippen LogP contribution in [0.15, 0.2) is 24.3 Å². The maximum atomic E-state index is 12.3. The number of alkyl halides is 3. The molecule has 1 aromatic carbocycles. The van der Waals surface area contributed by atoms with Crippen molar-refractivity contribution in [1.29, 1.82) is 0 Å². The molecule has 1 nitrogen and oxygen atoms in total. The lowest BCUT2D eigenvalue weighted by molar-refractivity contribution is -0.137. The molecule has 4 heteroatoms. The van der Waals surface area contributed by atoms with Gasteiger partial charge in [0.05, 0.1) is 5.56 Å². The minimum absolute atomic E-state index is 0.423. The van der Waals surface area contributed by atoms with Crippen molar-refractivity contribution in [3.63, 3.8) is 0 Å². The van der Waals surface area contributed by atoms with E-state index in [9.17, 15) is 13.2 Å². The molecule has 16 heavy (non-hydrogen) atoms. The Balaban J connectivity index is 1.97. The van der Waals surface area contributed by atoms with Crippen molar-refractivity contribution in [3.05, 3.63) is 29.8 Å². The van der Waals surface area contributed by atoms with Crippen LogP contribution in [0, 0.1) is 5.92 Å². The summed E-state index contributed by atoms with van der Waals surface area (Å²) < 4.78 is 36.9. The Kier molecular flexibility index (Phi) is 2.82. The van der Waals surface area contributed by atoms with Crippen molar-refractivity contribution >= 4 is 5.69 Å². The van der Waals surface area contributed by atoms with Crippen LogP contribution in [0.25, 0.3) is 0 Å². The summed E-state index contributed by atoms with van der Waals surface area (Å²) in [5.41, 5.74) is 0.171. The molecular weight excluding hydrogens is 215 g/mol. The molecule has 1 aliphatic carbocycles. The van der Waals surface area contributed by atoms with E-state index in [4.69, 9.17) is 0 Å². The molecule has 0 unspecified atom stereocenters. The smallest absolute Gasteiger partial charge is 0.382 e. The van der Waals surface area contributed by atoms with Crippen molar-refractivity contribution < 1.29 is 13.2 Å². The first-order chi connectivity index (χ1) is 7.45. The highest BCUT2D eigenvalue weighted by molar-refractivity contribution is 5.46. The second-order valence-electron chi connectivity index (χ2n) is 4.49. The van der Waals surface area contributed by atoms with Gasteiger partial charge in [0.15, 0.2) is 0 Å². The van der Waals surface area contributed by atoms with E-state index in [-0.39, 0.29) is 0 Å². The molecule has 1 N–H and O–H groups in total. The monoisotopic (exact) mass is 229 g/mol. The fourth-order valence-electron chi connectivity index (χ4n) is 2.01. The topological polar surface area (TPSA) is 12.0 Å². The van der Waals surface area contributed by atoms with E-state index in [1.165, 1.54) is 12.1 Å². The van der Waals surface area contributed by atoms with E-state index in [0.717, 1.165) is 36.6 Å². The van der Waals surface area contributed by atoms with Crippen molar-refractivity contribution in [2.24, 2.45) is 5.92 Å². The number of anilines is 1. The number of benzene rings is 1. The van der Waals surface area contributed by atoms with Gasteiger partial charge < -0.3 is 5.32 Å². The maximum Gasteiger partial charge on any atom is 0.416 e. The van der Waals surface area contributed by atoms with Crippen LogP contribution in [0.3, 0.4) is 0 Å².